The fraction of sp³-hybridized carbons (Fsp3) is 0.353. The van der Waals surface area contributed by atoms with Gasteiger partial charge in [-0.15, -0.1) is 0 Å². The maximum absolute atomic E-state index is 12.2. The van der Waals surface area contributed by atoms with E-state index in [1.165, 1.54) is 11.9 Å². The zero-order valence-corrected chi connectivity index (χ0v) is 14.3. The number of hydrogen-bond donors (Lipinski definition) is 0. The Morgan fingerprint density at radius 3 is 2.61 bits per heavy atom. The molecule has 0 N–H and O–H groups in total. The van der Waals surface area contributed by atoms with E-state index in [2.05, 4.69) is 4.98 Å². The molecule has 1 aromatic carbocycles. The first-order chi connectivity index (χ1) is 10.7. The van der Waals surface area contributed by atoms with Gasteiger partial charge in [0.1, 0.15) is 23.1 Å². The molecule has 0 spiro atoms. The predicted octanol–water partition coefficient (Wildman–Crippen LogP) is 4.00. The summed E-state index contributed by atoms with van der Waals surface area (Å²) < 4.78 is 5.30. The third-order valence-electron chi connectivity index (χ3n) is 3.25. The van der Waals surface area contributed by atoms with Crippen LogP contribution < -0.4 is 0 Å². The number of nitrogens with zero attached hydrogens (tertiary/aromatic N) is 2. The molecule has 0 bridgehead atoms. The molecule has 2 aromatic rings. The summed E-state index contributed by atoms with van der Waals surface area (Å²) in [6.45, 7) is 5.29. The quantitative estimate of drug-likeness (QED) is 0.629. The minimum absolute atomic E-state index is 0.191. The van der Waals surface area contributed by atoms with Crippen molar-refractivity contribution in [2.75, 3.05) is 7.05 Å². The van der Waals surface area contributed by atoms with Crippen molar-refractivity contribution in [3.8, 4) is 0 Å². The van der Waals surface area contributed by atoms with Crippen molar-refractivity contribution in [3.05, 3.63) is 41.0 Å². The Balaban J connectivity index is 2.39. The van der Waals surface area contributed by atoms with Gasteiger partial charge in [0, 0.05) is 18.0 Å². The van der Waals surface area contributed by atoms with Crippen LogP contribution in [-0.2, 0) is 9.53 Å². The van der Waals surface area contributed by atoms with Crippen LogP contribution in [0.15, 0.2) is 30.3 Å². The Morgan fingerprint density at radius 1 is 1.35 bits per heavy atom. The van der Waals surface area contributed by atoms with Crippen LogP contribution in [0, 0.1) is 0 Å². The van der Waals surface area contributed by atoms with E-state index in [0.717, 1.165) is 10.9 Å². The van der Waals surface area contributed by atoms with Gasteiger partial charge in [-0.3, -0.25) is 4.90 Å². The topological polar surface area (TPSA) is 59.5 Å². The third-order valence-corrected chi connectivity index (χ3v) is 3.55. The Hall–Kier alpha value is -2.14. The number of amides is 1. The lowest BCUT2D eigenvalue weighted by Gasteiger charge is -2.28. The molecule has 0 fully saturated rings. The molecular weight excluding hydrogens is 316 g/mol. The van der Waals surface area contributed by atoms with E-state index in [1.807, 2.05) is 24.3 Å². The van der Waals surface area contributed by atoms with Crippen LogP contribution in [0.5, 0.6) is 0 Å². The van der Waals surface area contributed by atoms with Gasteiger partial charge >= 0.3 is 6.09 Å². The highest BCUT2D eigenvalue weighted by atomic mass is 35.5. The minimum Gasteiger partial charge on any atom is -0.444 e. The number of benzene rings is 1. The fourth-order valence-electron chi connectivity index (χ4n) is 2.14. The van der Waals surface area contributed by atoms with Crippen molar-refractivity contribution >= 4 is 34.9 Å². The van der Waals surface area contributed by atoms with E-state index >= 15 is 0 Å². The standard InChI is InChI=1S/C17H19ClN2O3/c1-17(2,3)23-16(22)20(4)14(10-21)12-9-11-7-5-6-8-13(11)19-15(12)18/h5-10,14H,1-4H3. The molecule has 0 saturated carbocycles. The second kappa shape index (κ2) is 6.54. The van der Waals surface area contributed by atoms with Crippen LogP contribution in [0.4, 0.5) is 4.79 Å². The van der Waals surface area contributed by atoms with Crippen molar-refractivity contribution in [2.45, 2.75) is 32.4 Å². The Labute approximate surface area is 140 Å². The highest BCUT2D eigenvalue weighted by Crippen LogP contribution is 2.28. The molecule has 0 saturated heterocycles. The molecule has 1 atom stereocenters. The molecule has 0 aliphatic rings. The number of hydrogen-bond acceptors (Lipinski definition) is 4. The van der Waals surface area contributed by atoms with E-state index in [0.29, 0.717) is 11.8 Å². The molecule has 1 heterocycles. The van der Waals surface area contributed by atoms with E-state index in [4.69, 9.17) is 16.3 Å². The van der Waals surface area contributed by atoms with Crippen LogP contribution in [0.1, 0.15) is 32.4 Å². The van der Waals surface area contributed by atoms with Crippen molar-refractivity contribution in [3.63, 3.8) is 0 Å². The maximum Gasteiger partial charge on any atom is 0.410 e. The molecule has 122 valence electrons. The SMILES string of the molecule is CN(C(=O)OC(C)(C)C)C(C=O)c1cc2ccccc2nc1Cl. The number of fused-ring (bicyclic) bond motifs is 1. The summed E-state index contributed by atoms with van der Waals surface area (Å²) in [5.41, 5.74) is 0.545. The molecule has 6 heteroatoms. The third kappa shape index (κ3) is 3.99. The summed E-state index contributed by atoms with van der Waals surface area (Å²) in [5, 5.41) is 1.03. The van der Waals surface area contributed by atoms with Crippen LogP contribution in [0.3, 0.4) is 0 Å². The van der Waals surface area contributed by atoms with Gasteiger partial charge in [-0.1, -0.05) is 29.8 Å². The summed E-state index contributed by atoms with van der Waals surface area (Å²) in [4.78, 5) is 29.3. The Bertz CT molecular complexity index is 740. The van der Waals surface area contributed by atoms with Gasteiger partial charge in [0.25, 0.3) is 0 Å². The van der Waals surface area contributed by atoms with Gasteiger partial charge in [-0.05, 0) is 32.9 Å². The predicted molar refractivity (Wildman–Crippen MR) is 89.6 cm³/mol. The van der Waals surface area contributed by atoms with Gasteiger partial charge in [-0.25, -0.2) is 9.78 Å². The number of para-hydroxylation sites is 1. The molecule has 0 aliphatic heterocycles. The first-order valence-corrected chi connectivity index (χ1v) is 7.57. The smallest absolute Gasteiger partial charge is 0.410 e. The normalized spacial score (nSPS) is 12.7. The lowest BCUT2D eigenvalue weighted by molar-refractivity contribution is -0.112. The van der Waals surface area contributed by atoms with Gasteiger partial charge in [-0.2, -0.15) is 0 Å². The molecular formula is C17H19ClN2O3. The van der Waals surface area contributed by atoms with Crippen LogP contribution in [0.25, 0.3) is 10.9 Å². The first kappa shape index (κ1) is 17.2. The largest absolute Gasteiger partial charge is 0.444 e. The highest BCUT2D eigenvalue weighted by molar-refractivity contribution is 6.30. The molecule has 0 aliphatic carbocycles. The van der Waals surface area contributed by atoms with Crippen molar-refractivity contribution < 1.29 is 14.3 Å². The number of rotatable bonds is 3. The highest BCUT2D eigenvalue weighted by Gasteiger charge is 2.28. The number of aromatic nitrogens is 1. The van der Waals surface area contributed by atoms with Crippen molar-refractivity contribution in [1.82, 2.24) is 9.88 Å². The number of aldehydes is 1. The Morgan fingerprint density at radius 2 is 2.00 bits per heavy atom. The summed E-state index contributed by atoms with van der Waals surface area (Å²) in [6.07, 6.45) is 0.0560. The average molecular weight is 335 g/mol. The van der Waals surface area contributed by atoms with Crippen LogP contribution >= 0.6 is 11.6 Å². The molecule has 2 rings (SSSR count). The summed E-state index contributed by atoms with van der Waals surface area (Å²) in [5.74, 6) is 0. The summed E-state index contributed by atoms with van der Waals surface area (Å²) >= 11 is 6.21. The summed E-state index contributed by atoms with van der Waals surface area (Å²) in [7, 11) is 1.50. The number of carbonyl (C=O) groups excluding carboxylic acids is 2. The molecule has 0 radical (unpaired) electrons. The number of ether oxygens (including phenoxy) is 1. The van der Waals surface area contributed by atoms with E-state index in [9.17, 15) is 9.59 Å². The lowest BCUT2D eigenvalue weighted by atomic mass is 10.1. The molecule has 5 nitrogen and oxygen atoms in total. The van der Waals surface area contributed by atoms with Gasteiger partial charge in [0.2, 0.25) is 0 Å². The molecule has 23 heavy (non-hydrogen) atoms. The van der Waals surface area contributed by atoms with Crippen LogP contribution in [-0.4, -0.2) is 34.9 Å². The number of carbonyl (C=O) groups is 2. The second-order valence-corrected chi connectivity index (χ2v) is 6.59. The van der Waals surface area contributed by atoms with Gasteiger partial charge in [0.05, 0.1) is 5.52 Å². The number of halogens is 1. The Kier molecular flexibility index (Phi) is 4.90. The van der Waals surface area contributed by atoms with Gasteiger partial charge in [0.15, 0.2) is 0 Å². The zero-order chi connectivity index (χ0) is 17.2. The van der Waals surface area contributed by atoms with E-state index < -0.39 is 17.7 Å². The minimum atomic E-state index is -0.866. The lowest BCUT2D eigenvalue weighted by Crippen LogP contribution is -2.37. The molecule has 1 aromatic heterocycles. The summed E-state index contributed by atoms with van der Waals surface area (Å²) in [6, 6.07) is 8.33. The van der Waals surface area contributed by atoms with Crippen molar-refractivity contribution in [1.29, 1.82) is 0 Å². The number of pyridine rings is 1. The molecule has 1 unspecified atom stereocenters. The zero-order valence-electron chi connectivity index (χ0n) is 13.5. The average Bonchev–Trinajstić information content (AvgIpc) is 2.46. The van der Waals surface area contributed by atoms with Crippen LogP contribution in [0.2, 0.25) is 5.15 Å². The first-order valence-electron chi connectivity index (χ1n) is 7.19. The fourth-order valence-corrected chi connectivity index (χ4v) is 2.39. The number of likely N-dealkylation sites (N-methyl/N-ethyl adjacent to an activating group) is 1. The van der Waals surface area contributed by atoms with E-state index in [-0.39, 0.29) is 5.15 Å². The maximum atomic E-state index is 12.2. The van der Waals surface area contributed by atoms with Crippen molar-refractivity contribution in [2.24, 2.45) is 0 Å². The monoisotopic (exact) mass is 334 g/mol. The van der Waals surface area contributed by atoms with Gasteiger partial charge < -0.3 is 9.53 Å². The second-order valence-electron chi connectivity index (χ2n) is 6.23. The van der Waals surface area contributed by atoms with E-state index in [1.54, 1.807) is 26.8 Å². The molecule has 1 amide bonds.